The van der Waals surface area contributed by atoms with Gasteiger partial charge in [-0.05, 0) is 25.0 Å². The molecule has 0 bridgehead atoms. The number of rotatable bonds is 8. The summed E-state index contributed by atoms with van der Waals surface area (Å²) in [4.78, 5) is 5.03. The van der Waals surface area contributed by atoms with E-state index in [1.165, 1.54) is 49.8 Å². The van der Waals surface area contributed by atoms with Gasteiger partial charge in [0.25, 0.3) is 0 Å². The normalized spacial score (nSPS) is 12.6. The fourth-order valence-electron chi connectivity index (χ4n) is 1.92. The van der Waals surface area contributed by atoms with Crippen LogP contribution in [0.4, 0.5) is 0 Å². The molecule has 0 amide bonds. The molecule has 1 heterocycles. The van der Waals surface area contributed by atoms with Crippen LogP contribution in [0.2, 0.25) is 0 Å². The Morgan fingerprint density at radius 2 is 1.94 bits per heavy atom. The van der Waals surface area contributed by atoms with Crippen LogP contribution in [-0.2, 0) is 6.42 Å². The van der Waals surface area contributed by atoms with Crippen LogP contribution in [0.15, 0.2) is 18.3 Å². The fraction of sp³-hybridized carbons (Fsp3) is 0.667. The van der Waals surface area contributed by atoms with Crippen LogP contribution in [0.1, 0.15) is 56.7 Å². The summed E-state index contributed by atoms with van der Waals surface area (Å²) in [5.41, 5.74) is 2.44. The predicted molar refractivity (Wildman–Crippen MR) is 78.8 cm³/mol. The van der Waals surface area contributed by atoms with Gasteiger partial charge < -0.3 is 0 Å². The Balaban J connectivity index is 2.16. The minimum Gasteiger partial charge on any atom is -0.261 e. The molecule has 0 aliphatic carbocycles. The number of pyridine rings is 1. The smallest absolute Gasteiger partial charge is 0.0414 e. The van der Waals surface area contributed by atoms with E-state index in [0.717, 1.165) is 6.42 Å². The van der Waals surface area contributed by atoms with E-state index in [2.05, 4.69) is 46.9 Å². The summed E-state index contributed by atoms with van der Waals surface area (Å²) >= 11 is 3.76. The maximum absolute atomic E-state index is 4.45. The molecule has 1 nitrogen and oxygen atoms in total. The highest BCUT2D eigenvalue weighted by atomic mass is 79.9. The molecule has 0 aliphatic heterocycles. The van der Waals surface area contributed by atoms with E-state index < -0.39 is 0 Å². The molecular weight excluding hydrogens is 274 g/mol. The lowest BCUT2D eigenvalue weighted by atomic mass is 10.1. The maximum atomic E-state index is 4.45. The number of hydrogen-bond acceptors (Lipinski definition) is 1. The van der Waals surface area contributed by atoms with Gasteiger partial charge in [0.15, 0.2) is 0 Å². The number of halogens is 1. The molecule has 0 aromatic carbocycles. The van der Waals surface area contributed by atoms with E-state index in [4.69, 9.17) is 0 Å². The third-order valence-electron chi connectivity index (χ3n) is 3.02. The maximum Gasteiger partial charge on any atom is 0.0414 e. The Kier molecular flexibility index (Phi) is 7.50. The molecular formula is C15H24BrN. The van der Waals surface area contributed by atoms with Gasteiger partial charge in [-0.15, -0.1) is 0 Å². The van der Waals surface area contributed by atoms with E-state index in [0.29, 0.717) is 4.83 Å². The topological polar surface area (TPSA) is 12.9 Å². The molecule has 17 heavy (non-hydrogen) atoms. The average Bonchev–Trinajstić information content (AvgIpc) is 2.32. The van der Waals surface area contributed by atoms with Crippen LogP contribution in [-0.4, -0.2) is 9.81 Å². The molecule has 1 aromatic rings. The zero-order chi connectivity index (χ0) is 12.5. The average molecular weight is 298 g/mol. The van der Waals surface area contributed by atoms with Crippen molar-refractivity contribution in [3.8, 4) is 0 Å². The summed E-state index contributed by atoms with van der Waals surface area (Å²) in [6.07, 6.45) is 11.1. The second-order valence-electron chi connectivity index (χ2n) is 4.83. The molecule has 1 aromatic heterocycles. The number of aromatic nitrogens is 1. The van der Waals surface area contributed by atoms with Crippen molar-refractivity contribution in [2.45, 2.75) is 63.6 Å². The van der Waals surface area contributed by atoms with Crippen LogP contribution in [0.25, 0.3) is 0 Å². The molecule has 1 unspecified atom stereocenters. The number of nitrogens with zero attached hydrogens (tertiary/aromatic N) is 1. The van der Waals surface area contributed by atoms with Crippen LogP contribution in [0, 0.1) is 6.92 Å². The van der Waals surface area contributed by atoms with Gasteiger partial charge in [0.05, 0.1) is 0 Å². The minimum atomic E-state index is 0.583. The molecule has 0 saturated heterocycles. The minimum absolute atomic E-state index is 0.583. The lowest BCUT2D eigenvalue weighted by Crippen LogP contribution is -2.04. The zero-order valence-electron chi connectivity index (χ0n) is 11.1. The van der Waals surface area contributed by atoms with Gasteiger partial charge in [-0.3, -0.25) is 4.98 Å². The summed E-state index contributed by atoms with van der Waals surface area (Å²) in [5.74, 6) is 0. The molecule has 2 heteroatoms. The monoisotopic (exact) mass is 297 g/mol. The summed E-state index contributed by atoms with van der Waals surface area (Å²) in [6, 6.07) is 4.28. The van der Waals surface area contributed by atoms with Crippen molar-refractivity contribution in [1.82, 2.24) is 4.98 Å². The second-order valence-corrected chi connectivity index (χ2v) is 6.13. The molecule has 1 atom stereocenters. The highest BCUT2D eigenvalue weighted by Crippen LogP contribution is 2.16. The number of alkyl halides is 1. The van der Waals surface area contributed by atoms with Crippen LogP contribution in [0.5, 0.6) is 0 Å². The third kappa shape index (κ3) is 6.82. The summed E-state index contributed by atoms with van der Waals surface area (Å²) in [6.45, 7) is 4.34. The standard InChI is InChI=1S/C15H24BrN/c1-3-4-5-6-7-8-14(16)11-15-10-9-13(2)12-17-15/h9-10,12,14H,3-8,11H2,1-2H3. The third-order valence-corrected chi connectivity index (χ3v) is 3.81. The largest absolute Gasteiger partial charge is 0.261 e. The molecule has 0 spiro atoms. The molecule has 1 rings (SSSR count). The zero-order valence-corrected chi connectivity index (χ0v) is 12.7. The molecule has 0 saturated carbocycles. The van der Waals surface area contributed by atoms with Gasteiger partial charge in [-0.2, -0.15) is 0 Å². The van der Waals surface area contributed by atoms with Crippen molar-refractivity contribution < 1.29 is 0 Å². The van der Waals surface area contributed by atoms with Gasteiger partial charge in [-0.1, -0.05) is 61.0 Å². The van der Waals surface area contributed by atoms with Gasteiger partial charge in [0.1, 0.15) is 0 Å². The van der Waals surface area contributed by atoms with E-state index in [-0.39, 0.29) is 0 Å². The molecule has 96 valence electrons. The summed E-state index contributed by atoms with van der Waals surface area (Å²) < 4.78 is 0. The van der Waals surface area contributed by atoms with E-state index in [1.807, 2.05) is 6.20 Å². The molecule has 0 aliphatic rings. The lowest BCUT2D eigenvalue weighted by Gasteiger charge is -2.09. The van der Waals surface area contributed by atoms with Crippen molar-refractivity contribution in [2.24, 2.45) is 0 Å². The van der Waals surface area contributed by atoms with Gasteiger partial charge in [0.2, 0.25) is 0 Å². The first-order valence-electron chi connectivity index (χ1n) is 6.78. The van der Waals surface area contributed by atoms with Gasteiger partial charge in [0, 0.05) is 23.1 Å². The van der Waals surface area contributed by atoms with Gasteiger partial charge >= 0.3 is 0 Å². The quantitative estimate of drug-likeness (QED) is 0.483. The molecule has 0 radical (unpaired) electrons. The fourth-order valence-corrected chi connectivity index (χ4v) is 2.57. The molecule has 0 N–H and O–H groups in total. The van der Waals surface area contributed by atoms with Crippen molar-refractivity contribution in [2.75, 3.05) is 0 Å². The lowest BCUT2D eigenvalue weighted by molar-refractivity contribution is 0.597. The van der Waals surface area contributed by atoms with Gasteiger partial charge in [-0.25, -0.2) is 0 Å². The highest BCUT2D eigenvalue weighted by molar-refractivity contribution is 9.09. The van der Waals surface area contributed by atoms with Crippen LogP contribution in [0.3, 0.4) is 0 Å². The first-order valence-corrected chi connectivity index (χ1v) is 7.69. The van der Waals surface area contributed by atoms with E-state index >= 15 is 0 Å². The van der Waals surface area contributed by atoms with E-state index in [1.54, 1.807) is 0 Å². The summed E-state index contributed by atoms with van der Waals surface area (Å²) in [5, 5.41) is 0. The van der Waals surface area contributed by atoms with Crippen LogP contribution < -0.4 is 0 Å². The molecule has 0 fully saturated rings. The number of hydrogen-bond donors (Lipinski definition) is 0. The number of aryl methyl sites for hydroxylation is 1. The first-order chi connectivity index (χ1) is 8.22. The second kappa shape index (κ2) is 8.68. The van der Waals surface area contributed by atoms with Crippen LogP contribution >= 0.6 is 15.9 Å². The predicted octanol–water partition coefficient (Wildman–Crippen LogP) is 5.06. The van der Waals surface area contributed by atoms with Crippen molar-refractivity contribution in [3.05, 3.63) is 29.6 Å². The van der Waals surface area contributed by atoms with Crippen molar-refractivity contribution >= 4 is 15.9 Å². The Hall–Kier alpha value is -0.370. The SMILES string of the molecule is CCCCCCCC(Br)Cc1ccc(C)cn1. The Morgan fingerprint density at radius 3 is 2.59 bits per heavy atom. The Bertz CT molecular complexity index is 294. The van der Waals surface area contributed by atoms with Crippen molar-refractivity contribution in [3.63, 3.8) is 0 Å². The number of unbranched alkanes of at least 4 members (excludes halogenated alkanes) is 4. The van der Waals surface area contributed by atoms with E-state index in [9.17, 15) is 0 Å². The van der Waals surface area contributed by atoms with Crippen molar-refractivity contribution in [1.29, 1.82) is 0 Å². The highest BCUT2D eigenvalue weighted by Gasteiger charge is 2.06. The Labute approximate surface area is 114 Å². The summed E-state index contributed by atoms with van der Waals surface area (Å²) in [7, 11) is 0. The Morgan fingerprint density at radius 1 is 1.18 bits per heavy atom. The first kappa shape index (κ1) is 14.7.